The lowest BCUT2D eigenvalue weighted by Gasteiger charge is -2.49. The molecule has 6 nitrogen and oxygen atoms in total. The minimum atomic E-state index is -4.02. The number of carbonyl (C=O) groups is 2. The van der Waals surface area contributed by atoms with Crippen molar-refractivity contribution in [2.75, 3.05) is 0 Å². The molecule has 0 amide bonds. The van der Waals surface area contributed by atoms with Crippen LogP contribution in [0, 0.1) is 17.8 Å². The summed E-state index contributed by atoms with van der Waals surface area (Å²) in [5, 5.41) is 0. The molecule has 3 aliphatic rings. The van der Waals surface area contributed by atoms with Gasteiger partial charge >= 0.3 is 10.1 Å². The molecule has 3 aromatic carbocycles. The summed E-state index contributed by atoms with van der Waals surface area (Å²) in [5.41, 5.74) is 5.78. The van der Waals surface area contributed by atoms with Crippen LogP contribution in [0.25, 0.3) is 0 Å². The van der Waals surface area contributed by atoms with Gasteiger partial charge in [0.2, 0.25) is 0 Å². The molecule has 0 atom stereocenters. The molecule has 1 heterocycles. The SMILES string of the molecule is Cc1ccc(S(=O)(=O)Oc2ccc(C3C4=C(CC(C)(C)CC4=O)N(Cc4ccccc4)C4=C3C(=O)CC(C)(C)C4)cc2)cc1. The summed E-state index contributed by atoms with van der Waals surface area (Å²) in [6.07, 6.45) is 2.25. The minimum absolute atomic E-state index is 0.0609. The maximum absolute atomic E-state index is 14.0. The molecule has 0 saturated heterocycles. The Bertz CT molecular complexity index is 1740. The van der Waals surface area contributed by atoms with Gasteiger partial charge in [-0.2, -0.15) is 8.42 Å². The minimum Gasteiger partial charge on any atom is -0.379 e. The predicted octanol–water partition coefficient (Wildman–Crippen LogP) is 7.65. The molecule has 0 unspecified atom stereocenters. The Morgan fingerprint density at radius 2 is 1.25 bits per heavy atom. The molecule has 0 spiro atoms. The van der Waals surface area contributed by atoms with Gasteiger partial charge in [-0.15, -0.1) is 0 Å². The van der Waals surface area contributed by atoms with Crippen molar-refractivity contribution >= 4 is 21.7 Å². The van der Waals surface area contributed by atoms with E-state index in [0.717, 1.165) is 40.9 Å². The van der Waals surface area contributed by atoms with Crippen LogP contribution in [-0.2, 0) is 26.3 Å². The Balaban J connectivity index is 1.45. The van der Waals surface area contributed by atoms with Gasteiger partial charge in [0.05, 0.1) is 0 Å². The standard InChI is InChI=1S/C37H39NO5S/c1-24-11-17-28(18-12-24)44(41,42)43-27-15-13-26(14-16-27)33-34-29(19-36(2,3)21-31(34)39)38(23-25-9-7-6-8-10-25)30-20-37(4,5)22-32(40)35(30)33/h6-18,33H,19-23H2,1-5H3. The molecule has 0 radical (unpaired) electrons. The zero-order valence-corrected chi connectivity index (χ0v) is 26.8. The fraction of sp³-hybridized carbons (Fsp3) is 0.351. The van der Waals surface area contributed by atoms with Gasteiger partial charge in [-0.05, 0) is 66.0 Å². The van der Waals surface area contributed by atoms with Crippen LogP contribution in [0.2, 0.25) is 0 Å². The number of aryl methyl sites for hydroxylation is 1. The first kappa shape index (κ1) is 30.1. The van der Waals surface area contributed by atoms with E-state index in [-0.39, 0.29) is 33.0 Å². The zero-order chi connectivity index (χ0) is 31.4. The second-order valence-electron chi connectivity index (χ2n) is 14.0. The summed E-state index contributed by atoms with van der Waals surface area (Å²) >= 11 is 0. The van der Waals surface area contributed by atoms with Crippen LogP contribution < -0.4 is 4.18 Å². The van der Waals surface area contributed by atoms with Crippen molar-refractivity contribution in [1.82, 2.24) is 4.90 Å². The van der Waals surface area contributed by atoms with Crippen LogP contribution in [-0.4, -0.2) is 24.9 Å². The Morgan fingerprint density at radius 3 is 1.77 bits per heavy atom. The van der Waals surface area contributed by atoms with E-state index >= 15 is 0 Å². The van der Waals surface area contributed by atoms with Crippen molar-refractivity contribution in [3.05, 3.63) is 118 Å². The van der Waals surface area contributed by atoms with E-state index in [2.05, 4.69) is 44.7 Å². The van der Waals surface area contributed by atoms with Crippen molar-refractivity contribution in [1.29, 1.82) is 0 Å². The van der Waals surface area contributed by atoms with E-state index in [1.807, 2.05) is 25.1 Å². The molecular weight excluding hydrogens is 570 g/mol. The molecule has 6 rings (SSSR count). The Kier molecular flexibility index (Phi) is 7.44. The topological polar surface area (TPSA) is 80.8 Å². The lowest BCUT2D eigenvalue weighted by Crippen LogP contribution is -2.44. The summed E-state index contributed by atoms with van der Waals surface area (Å²) in [6.45, 7) is 11.0. The largest absolute Gasteiger partial charge is 0.379 e. The smallest absolute Gasteiger partial charge is 0.339 e. The average Bonchev–Trinajstić information content (AvgIpc) is 2.93. The van der Waals surface area contributed by atoms with E-state index in [1.54, 1.807) is 36.4 Å². The normalized spacial score (nSPS) is 20.0. The first-order chi connectivity index (χ1) is 20.7. The third-order valence-electron chi connectivity index (χ3n) is 8.93. The highest BCUT2D eigenvalue weighted by Crippen LogP contribution is 2.54. The van der Waals surface area contributed by atoms with Crippen LogP contribution in [0.1, 0.15) is 76.0 Å². The highest BCUT2D eigenvalue weighted by atomic mass is 32.2. The second-order valence-corrected chi connectivity index (χ2v) is 15.6. The van der Waals surface area contributed by atoms with Gasteiger partial charge in [-0.25, -0.2) is 0 Å². The Labute approximate surface area is 260 Å². The fourth-order valence-corrected chi connectivity index (χ4v) is 7.86. The number of hydrogen-bond acceptors (Lipinski definition) is 6. The van der Waals surface area contributed by atoms with E-state index in [4.69, 9.17) is 4.18 Å². The lowest BCUT2D eigenvalue weighted by atomic mass is 9.63. The van der Waals surface area contributed by atoms with Gasteiger partial charge in [-0.1, -0.05) is 87.9 Å². The van der Waals surface area contributed by atoms with E-state index in [0.29, 0.717) is 30.5 Å². The van der Waals surface area contributed by atoms with Crippen molar-refractivity contribution in [2.24, 2.45) is 10.8 Å². The van der Waals surface area contributed by atoms with Gasteiger partial charge < -0.3 is 9.08 Å². The summed E-state index contributed by atoms with van der Waals surface area (Å²) in [5.74, 6) is -0.218. The van der Waals surface area contributed by atoms with Crippen LogP contribution in [0.4, 0.5) is 0 Å². The monoisotopic (exact) mass is 609 g/mol. The number of Topliss-reactive ketones (excluding diaryl/α,β-unsaturated/α-hetero) is 2. The number of carbonyl (C=O) groups excluding carboxylic acids is 2. The third-order valence-corrected chi connectivity index (χ3v) is 10.2. The van der Waals surface area contributed by atoms with Crippen molar-refractivity contribution in [3.8, 4) is 5.75 Å². The quantitative estimate of drug-likeness (QED) is 0.267. The number of rotatable bonds is 6. The van der Waals surface area contributed by atoms with Crippen LogP contribution in [0.15, 0.2) is 106 Å². The molecule has 0 N–H and O–H groups in total. The number of benzene rings is 3. The zero-order valence-electron chi connectivity index (χ0n) is 26.0. The fourth-order valence-electron chi connectivity index (χ4n) is 6.93. The van der Waals surface area contributed by atoms with Crippen molar-refractivity contribution < 1.29 is 22.2 Å². The van der Waals surface area contributed by atoms with Gasteiger partial charge in [0.25, 0.3) is 0 Å². The van der Waals surface area contributed by atoms with E-state index in [9.17, 15) is 18.0 Å². The first-order valence-electron chi connectivity index (χ1n) is 15.2. The first-order valence-corrected chi connectivity index (χ1v) is 16.6. The lowest BCUT2D eigenvalue weighted by molar-refractivity contribution is -0.119. The van der Waals surface area contributed by atoms with Crippen LogP contribution >= 0.6 is 0 Å². The number of hydrogen-bond donors (Lipinski definition) is 0. The average molecular weight is 610 g/mol. The summed E-state index contributed by atoms with van der Waals surface area (Å²) in [4.78, 5) is 30.4. The van der Waals surface area contributed by atoms with Gasteiger partial charge in [0, 0.05) is 47.8 Å². The number of allylic oxidation sites excluding steroid dienone is 4. The molecule has 0 fully saturated rings. The molecule has 44 heavy (non-hydrogen) atoms. The summed E-state index contributed by atoms with van der Waals surface area (Å²) in [6, 6.07) is 23.5. The Morgan fingerprint density at radius 1 is 0.727 bits per heavy atom. The highest BCUT2D eigenvalue weighted by Gasteiger charge is 2.49. The maximum atomic E-state index is 14.0. The van der Waals surface area contributed by atoms with Crippen LogP contribution in [0.5, 0.6) is 5.75 Å². The maximum Gasteiger partial charge on any atom is 0.339 e. The van der Waals surface area contributed by atoms with Gasteiger partial charge in [0.1, 0.15) is 10.6 Å². The molecule has 2 aliphatic carbocycles. The molecule has 0 bridgehead atoms. The van der Waals surface area contributed by atoms with E-state index < -0.39 is 16.0 Å². The molecule has 1 aliphatic heterocycles. The van der Waals surface area contributed by atoms with Gasteiger partial charge in [-0.3, -0.25) is 9.59 Å². The molecule has 0 aromatic heterocycles. The summed E-state index contributed by atoms with van der Waals surface area (Å²) in [7, 11) is -4.02. The number of nitrogens with zero attached hydrogens (tertiary/aromatic N) is 1. The Hall–Kier alpha value is -3.97. The number of ketones is 2. The predicted molar refractivity (Wildman–Crippen MR) is 170 cm³/mol. The molecule has 0 saturated carbocycles. The van der Waals surface area contributed by atoms with Crippen LogP contribution in [0.3, 0.4) is 0 Å². The molecule has 3 aromatic rings. The molecule has 228 valence electrons. The summed E-state index contributed by atoms with van der Waals surface area (Å²) < 4.78 is 31.3. The van der Waals surface area contributed by atoms with Gasteiger partial charge in [0.15, 0.2) is 11.6 Å². The van der Waals surface area contributed by atoms with Crippen molar-refractivity contribution in [3.63, 3.8) is 0 Å². The molecular formula is C37H39NO5S. The highest BCUT2D eigenvalue weighted by molar-refractivity contribution is 7.87. The third kappa shape index (κ3) is 5.77. The second kappa shape index (κ2) is 10.9. The van der Waals surface area contributed by atoms with Crippen molar-refractivity contribution in [2.45, 2.75) is 77.7 Å². The molecule has 7 heteroatoms. The van der Waals surface area contributed by atoms with E-state index in [1.165, 1.54) is 12.1 Å².